The molecule has 3 amide bonds. The first kappa shape index (κ1) is 26.5. The van der Waals surface area contributed by atoms with Gasteiger partial charge in [-0.1, -0.05) is 11.3 Å². The summed E-state index contributed by atoms with van der Waals surface area (Å²) < 4.78 is 21.0. The smallest absolute Gasteiger partial charge is 0.323 e. The van der Waals surface area contributed by atoms with Crippen LogP contribution in [0.5, 0.6) is 5.75 Å². The number of aromatic nitrogens is 5. The van der Waals surface area contributed by atoms with Gasteiger partial charge >= 0.3 is 6.03 Å². The summed E-state index contributed by atoms with van der Waals surface area (Å²) >= 11 is 0. The van der Waals surface area contributed by atoms with Gasteiger partial charge < -0.3 is 20.3 Å². The van der Waals surface area contributed by atoms with Crippen LogP contribution in [0, 0.1) is 11.3 Å². The molecular weight excluding hydrogens is 492 g/mol. The van der Waals surface area contributed by atoms with E-state index >= 15 is 0 Å². The maximum atomic E-state index is 13.9. The molecule has 0 bridgehead atoms. The molecule has 2 aromatic heterocycles. The summed E-state index contributed by atoms with van der Waals surface area (Å²) in [5.41, 5.74) is -1.37. The average molecular weight is 510 g/mol. The second-order valence-corrected chi connectivity index (χ2v) is 8.50. The molecule has 17 heteroatoms. The van der Waals surface area contributed by atoms with Gasteiger partial charge in [-0.05, 0) is 12.1 Å². The van der Waals surface area contributed by atoms with Crippen molar-refractivity contribution < 1.29 is 18.7 Å². The van der Waals surface area contributed by atoms with Crippen molar-refractivity contribution in [2.24, 2.45) is 7.05 Å². The Morgan fingerprint density at radius 1 is 1.24 bits per heavy atom. The molecule has 1 aliphatic rings. The van der Waals surface area contributed by atoms with Crippen LogP contribution in [0.4, 0.5) is 26.4 Å². The lowest BCUT2D eigenvalue weighted by atomic mass is 9.49. The third-order valence-corrected chi connectivity index (χ3v) is 5.27. The van der Waals surface area contributed by atoms with E-state index in [9.17, 15) is 14.0 Å². The summed E-state index contributed by atoms with van der Waals surface area (Å²) in [4.78, 5) is 30.6. The Kier molecular flexibility index (Phi) is 6.99. The summed E-state index contributed by atoms with van der Waals surface area (Å²) in [6, 6.07) is 7.22. The maximum Gasteiger partial charge on any atom is 0.323 e. The molecule has 13 nitrogen and oxygen atoms in total. The molecule has 0 atom stereocenters. The van der Waals surface area contributed by atoms with Crippen molar-refractivity contribution >= 4 is 52.7 Å². The molecule has 0 unspecified atom stereocenters. The molecule has 38 heavy (non-hydrogen) atoms. The fourth-order valence-corrected chi connectivity index (χ4v) is 3.57. The van der Waals surface area contributed by atoms with Crippen LogP contribution < -0.4 is 20.7 Å². The predicted molar refractivity (Wildman–Crippen MR) is 136 cm³/mol. The van der Waals surface area contributed by atoms with E-state index < -0.39 is 35.9 Å². The summed E-state index contributed by atoms with van der Waals surface area (Å²) in [5, 5.41) is 26.4. The molecule has 1 aliphatic heterocycles. The molecule has 186 valence electrons. The van der Waals surface area contributed by atoms with E-state index in [2.05, 4.69) is 36.2 Å². The van der Waals surface area contributed by atoms with Crippen LogP contribution >= 0.6 is 0 Å². The Morgan fingerprint density at radius 3 is 2.58 bits per heavy atom. The molecule has 0 spiro atoms. The quantitative estimate of drug-likeness (QED) is 0.370. The van der Waals surface area contributed by atoms with Crippen LogP contribution in [0.15, 0.2) is 30.6 Å². The van der Waals surface area contributed by atoms with Crippen molar-refractivity contribution in [2.75, 3.05) is 30.8 Å². The predicted octanol–water partition coefficient (Wildman–Crippen LogP) is -0.0497. The monoisotopic (exact) mass is 510 g/mol. The van der Waals surface area contributed by atoms with Crippen molar-refractivity contribution in [1.29, 1.82) is 5.26 Å². The Balaban J connectivity index is 1.67. The Bertz CT molecular complexity index is 1430. The van der Waals surface area contributed by atoms with Gasteiger partial charge in [-0.25, -0.2) is 14.2 Å². The van der Waals surface area contributed by atoms with Crippen molar-refractivity contribution in [1.82, 2.24) is 35.2 Å². The number of benzene rings is 1. The largest absolute Gasteiger partial charge is 0.494 e. The van der Waals surface area contributed by atoms with Gasteiger partial charge in [0, 0.05) is 13.1 Å². The first-order valence-electron chi connectivity index (χ1n) is 10.9. The highest BCUT2D eigenvalue weighted by atomic mass is 19.1. The molecule has 0 saturated carbocycles. The summed E-state index contributed by atoms with van der Waals surface area (Å²) in [5.74, 6) is -0.217. The van der Waals surface area contributed by atoms with E-state index in [-0.39, 0.29) is 17.2 Å². The van der Waals surface area contributed by atoms with Gasteiger partial charge in [0.1, 0.15) is 12.4 Å². The molecule has 6 radical (unpaired) electrons. The van der Waals surface area contributed by atoms with Gasteiger partial charge in [0.25, 0.3) is 5.91 Å². The molecule has 1 fully saturated rings. The number of rotatable bonds is 7. The number of halogens is 1. The van der Waals surface area contributed by atoms with Crippen molar-refractivity contribution in [3.05, 3.63) is 36.3 Å². The molecule has 1 aromatic carbocycles. The van der Waals surface area contributed by atoms with E-state index in [1.54, 1.807) is 25.2 Å². The van der Waals surface area contributed by atoms with E-state index in [0.29, 0.717) is 22.8 Å². The average Bonchev–Trinajstić information content (AvgIpc) is 3.26. The lowest BCUT2D eigenvalue weighted by Gasteiger charge is -2.39. The zero-order chi connectivity index (χ0) is 27.7. The Labute approximate surface area is 220 Å². The number of hydrogen-bond acceptors (Lipinski definition) is 9. The number of nitrogens with one attached hydrogen (secondary N) is 3. The van der Waals surface area contributed by atoms with Gasteiger partial charge in [-0.3, -0.25) is 14.8 Å². The van der Waals surface area contributed by atoms with Gasteiger partial charge in [0.2, 0.25) is 5.67 Å². The lowest BCUT2D eigenvalue weighted by molar-refractivity contribution is 0.0442. The number of amides is 3. The van der Waals surface area contributed by atoms with Gasteiger partial charge in [-0.2, -0.15) is 10.4 Å². The fraction of sp³-hybridized carbons (Fsp3) is 0.286. The number of ether oxygens (including phenoxy) is 1. The number of likely N-dealkylation sites (tertiary alicyclic amines) is 1. The van der Waals surface area contributed by atoms with Gasteiger partial charge in [-0.15, -0.1) is 10.2 Å². The maximum absolute atomic E-state index is 13.9. The van der Waals surface area contributed by atoms with E-state index in [0.717, 1.165) is 4.90 Å². The van der Waals surface area contributed by atoms with Gasteiger partial charge in [0.05, 0.1) is 60.7 Å². The highest BCUT2D eigenvalue weighted by Crippen LogP contribution is 2.37. The normalized spacial score (nSPS) is 14.1. The van der Waals surface area contributed by atoms with Crippen LogP contribution in [0.3, 0.4) is 0 Å². The van der Waals surface area contributed by atoms with Crippen LogP contribution in [-0.2, 0) is 7.05 Å². The SMILES string of the molecule is [B]C([B])([B])NC(=O)c1nnc(NC(=O)N2CC(F)(C#N)C2)cc1Nc1cccc(-c2ncn(C)n2)c1OC. The van der Waals surface area contributed by atoms with E-state index in [1.807, 2.05) is 0 Å². The number of aryl methyl sites for hydroxylation is 1. The zero-order valence-corrected chi connectivity index (χ0v) is 20.3. The van der Waals surface area contributed by atoms with Crippen molar-refractivity contribution in [3.63, 3.8) is 0 Å². The third-order valence-electron chi connectivity index (χ3n) is 5.27. The number of nitriles is 1. The molecule has 3 heterocycles. The number of carbonyl (C=O) groups is 2. The van der Waals surface area contributed by atoms with Crippen LogP contribution in [0.2, 0.25) is 0 Å². The minimum Gasteiger partial charge on any atom is -0.494 e. The Morgan fingerprint density at radius 2 is 1.97 bits per heavy atom. The van der Waals surface area contributed by atoms with Crippen LogP contribution in [0.1, 0.15) is 10.5 Å². The highest BCUT2D eigenvalue weighted by Gasteiger charge is 2.46. The lowest BCUT2D eigenvalue weighted by Crippen LogP contribution is -2.61. The van der Waals surface area contributed by atoms with Crippen LogP contribution in [0.25, 0.3) is 11.4 Å². The number of alkyl halides is 1. The number of carbonyl (C=O) groups excluding carboxylic acids is 2. The molecule has 3 N–H and O–H groups in total. The number of urea groups is 1. The minimum atomic E-state index is -2.10. The van der Waals surface area contributed by atoms with Gasteiger partial charge in [0.15, 0.2) is 23.1 Å². The second-order valence-electron chi connectivity index (χ2n) is 8.50. The van der Waals surface area contributed by atoms with Crippen LogP contribution in [-0.4, -0.2) is 96.4 Å². The summed E-state index contributed by atoms with van der Waals surface area (Å²) in [7, 11) is 19.7. The zero-order valence-electron chi connectivity index (χ0n) is 20.3. The number of nitrogens with zero attached hydrogens (tertiary/aromatic N) is 7. The van der Waals surface area contributed by atoms with E-state index in [4.69, 9.17) is 33.5 Å². The van der Waals surface area contributed by atoms with Crippen molar-refractivity contribution in [3.8, 4) is 23.2 Å². The van der Waals surface area contributed by atoms with E-state index in [1.165, 1.54) is 30.3 Å². The fourth-order valence-electron chi connectivity index (χ4n) is 3.57. The molecule has 3 aromatic rings. The molecule has 0 aliphatic carbocycles. The topological polar surface area (TPSA) is 163 Å². The number of methoxy groups -OCH3 is 1. The third kappa shape index (κ3) is 5.69. The number of hydrogen-bond donors (Lipinski definition) is 3. The number of para-hydroxylation sites is 1. The first-order chi connectivity index (χ1) is 17.9. The summed E-state index contributed by atoms with van der Waals surface area (Å²) in [6.07, 6.45) is 1.53. The molecule has 4 rings (SSSR count). The first-order valence-corrected chi connectivity index (χ1v) is 10.9. The van der Waals surface area contributed by atoms with Crippen molar-refractivity contribution in [2.45, 2.75) is 10.9 Å². The number of anilines is 3. The Hall–Kier alpha value is -4.61. The summed E-state index contributed by atoms with van der Waals surface area (Å²) in [6.45, 7) is -0.795. The minimum absolute atomic E-state index is 0.0574. The molecule has 1 saturated heterocycles. The highest BCUT2D eigenvalue weighted by molar-refractivity contribution is 6.60. The second kappa shape index (κ2) is 10.0. The molecular formula is C21H18B3FN10O3. The standard InChI is InChI=1S/C21H18B3FN10O3/c1-34-10-27-17(33-34)11-4-3-5-12(16(11)38-2)28-13-6-14(29-19(37)35-8-20(25,7-26)9-35)31-32-15(13)18(36)30-21(22,23)24/h3-6,10H,8-9H2,1-2H3,(H,30,36)(H2,28,29,31,37).